The van der Waals surface area contributed by atoms with Gasteiger partial charge in [-0.05, 0) is 55.8 Å². The zero-order chi connectivity index (χ0) is 18.7. The molecule has 0 aromatic heterocycles. The molecule has 0 bridgehead atoms. The molecule has 6 heteroatoms. The summed E-state index contributed by atoms with van der Waals surface area (Å²) >= 11 is 0. The fourth-order valence-corrected chi connectivity index (χ4v) is 4.02. The lowest BCUT2D eigenvalue weighted by atomic mass is 9.76. The number of methoxy groups -OCH3 is 1. The summed E-state index contributed by atoms with van der Waals surface area (Å²) in [5, 5.41) is 11.0. The SMILES string of the molecule is COc1ccc2c(c1)C(C)(C)C1(C=Cc3cc([N+](=O)[O-])ccc3O1)N2C. The summed E-state index contributed by atoms with van der Waals surface area (Å²) in [6.45, 7) is 4.27. The van der Waals surface area contributed by atoms with E-state index >= 15 is 0 Å². The summed E-state index contributed by atoms with van der Waals surface area (Å²) in [7, 11) is 3.66. The highest BCUT2D eigenvalue weighted by Gasteiger charge is 2.57. The molecule has 1 atom stereocenters. The Kier molecular flexibility index (Phi) is 3.31. The molecule has 2 aliphatic heterocycles. The Morgan fingerprint density at radius 3 is 2.65 bits per heavy atom. The predicted molar refractivity (Wildman–Crippen MR) is 99.9 cm³/mol. The largest absolute Gasteiger partial charge is 0.497 e. The molecule has 2 aromatic carbocycles. The zero-order valence-electron chi connectivity index (χ0n) is 15.1. The third kappa shape index (κ3) is 1.98. The van der Waals surface area contributed by atoms with Gasteiger partial charge in [0.2, 0.25) is 5.72 Å². The standard InChI is InChI=1S/C20H20N2O4/c1-19(2)16-12-15(25-4)6-7-17(16)21(3)20(19)10-9-13-11-14(22(23)24)5-8-18(13)26-20/h5-12H,1-4H3. The van der Waals surface area contributed by atoms with Crippen LogP contribution in [0.1, 0.15) is 25.0 Å². The number of rotatable bonds is 2. The second kappa shape index (κ2) is 5.24. The maximum Gasteiger partial charge on any atom is 0.270 e. The number of likely N-dealkylation sites (N-methyl/N-ethyl adjacent to an activating group) is 1. The average Bonchev–Trinajstić information content (AvgIpc) is 2.79. The molecule has 0 saturated heterocycles. The Morgan fingerprint density at radius 2 is 1.96 bits per heavy atom. The monoisotopic (exact) mass is 352 g/mol. The number of hydrogen-bond acceptors (Lipinski definition) is 5. The van der Waals surface area contributed by atoms with E-state index in [-0.39, 0.29) is 11.1 Å². The van der Waals surface area contributed by atoms with Crippen molar-refractivity contribution in [1.82, 2.24) is 0 Å². The quantitative estimate of drug-likeness (QED) is 0.600. The van der Waals surface area contributed by atoms with Crippen LogP contribution in [0.15, 0.2) is 42.5 Å². The predicted octanol–water partition coefficient (Wildman–Crippen LogP) is 4.13. The molecule has 0 aliphatic carbocycles. The normalized spacial score (nSPS) is 21.9. The molecule has 1 spiro atoms. The molecule has 4 rings (SSSR count). The van der Waals surface area contributed by atoms with E-state index in [1.165, 1.54) is 12.1 Å². The van der Waals surface area contributed by atoms with E-state index in [1.54, 1.807) is 13.2 Å². The van der Waals surface area contributed by atoms with Gasteiger partial charge in [0.15, 0.2) is 0 Å². The Labute approximate surface area is 151 Å². The fraction of sp³-hybridized carbons (Fsp3) is 0.300. The van der Waals surface area contributed by atoms with Crippen LogP contribution in [0, 0.1) is 10.1 Å². The van der Waals surface area contributed by atoms with Crippen molar-refractivity contribution in [1.29, 1.82) is 0 Å². The van der Waals surface area contributed by atoms with E-state index in [0.717, 1.165) is 17.0 Å². The van der Waals surface area contributed by atoms with Gasteiger partial charge in [-0.1, -0.05) is 0 Å². The molecule has 0 saturated carbocycles. The number of non-ortho nitro benzene ring substituents is 1. The summed E-state index contributed by atoms with van der Waals surface area (Å²) in [5.41, 5.74) is 1.90. The molecule has 0 fully saturated rings. The number of fused-ring (bicyclic) bond motifs is 2. The van der Waals surface area contributed by atoms with Gasteiger partial charge in [0.05, 0.1) is 17.4 Å². The lowest BCUT2D eigenvalue weighted by Gasteiger charge is -2.45. The first-order chi connectivity index (χ1) is 12.3. The maximum atomic E-state index is 11.0. The molecule has 0 radical (unpaired) electrons. The minimum absolute atomic E-state index is 0.0556. The second-order valence-corrected chi connectivity index (χ2v) is 7.18. The molecule has 2 aliphatic rings. The van der Waals surface area contributed by atoms with Crippen molar-refractivity contribution >= 4 is 17.5 Å². The Hall–Kier alpha value is -3.02. The van der Waals surface area contributed by atoms with Crippen molar-refractivity contribution in [2.45, 2.75) is 25.0 Å². The van der Waals surface area contributed by atoms with Crippen LogP contribution in [-0.2, 0) is 5.41 Å². The number of hydrogen-bond donors (Lipinski definition) is 0. The lowest BCUT2D eigenvalue weighted by Crippen LogP contribution is -2.58. The van der Waals surface area contributed by atoms with Gasteiger partial charge in [-0.3, -0.25) is 10.1 Å². The molecular formula is C20H20N2O4. The number of ether oxygens (including phenoxy) is 2. The van der Waals surface area contributed by atoms with Crippen LogP contribution in [0.3, 0.4) is 0 Å². The molecule has 6 nitrogen and oxygen atoms in total. The van der Waals surface area contributed by atoms with Crippen LogP contribution < -0.4 is 14.4 Å². The zero-order valence-corrected chi connectivity index (χ0v) is 15.1. The van der Waals surface area contributed by atoms with Gasteiger partial charge < -0.3 is 14.4 Å². The number of nitrogens with zero attached hydrogens (tertiary/aromatic N) is 2. The van der Waals surface area contributed by atoms with Gasteiger partial charge in [0.25, 0.3) is 5.69 Å². The molecule has 2 heterocycles. The Bertz CT molecular complexity index is 951. The molecule has 1 unspecified atom stereocenters. The Balaban J connectivity index is 1.83. The molecule has 0 N–H and O–H groups in total. The highest BCUT2D eigenvalue weighted by molar-refractivity contribution is 5.73. The lowest BCUT2D eigenvalue weighted by molar-refractivity contribution is -0.384. The summed E-state index contributed by atoms with van der Waals surface area (Å²) in [4.78, 5) is 12.7. The van der Waals surface area contributed by atoms with Crippen molar-refractivity contribution in [2.24, 2.45) is 0 Å². The van der Waals surface area contributed by atoms with E-state index in [2.05, 4.69) is 18.7 Å². The third-order valence-corrected chi connectivity index (χ3v) is 5.59. The van der Waals surface area contributed by atoms with Gasteiger partial charge in [0.1, 0.15) is 11.5 Å². The first-order valence-corrected chi connectivity index (χ1v) is 8.39. The minimum atomic E-state index is -0.717. The second-order valence-electron chi connectivity index (χ2n) is 7.18. The van der Waals surface area contributed by atoms with Crippen molar-refractivity contribution in [3.8, 4) is 11.5 Å². The van der Waals surface area contributed by atoms with Gasteiger partial charge in [-0.25, -0.2) is 0 Å². The van der Waals surface area contributed by atoms with Gasteiger partial charge >= 0.3 is 0 Å². The van der Waals surface area contributed by atoms with Crippen LogP contribution in [0.2, 0.25) is 0 Å². The van der Waals surface area contributed by atoms with Crippen LogP contribution in [0.25, 0.3) is 6.08 Å². The Morgan fingerprint density at radius 1 is 1.19 bits per heavy atom. The average molecular weight is 352 g/mol. The number of nitro benzene ring substituents is 1. The fourth-order valence-electron chi connectivity index (χ4n) is 4.02. The van der Waals surface area contributed by atoms with Gasteiger partial charge in [-0.2, -0.15) is 0 Å². The van der Waals surface area contributed by atoms with Crippen molar-refractivity contribution in [2.75, 3.05) is 19.1 Å². The van der Waals surface area contributed by atoms with Crippen LogP contribution >= 0.6 is 0 Å². The highest BCUT2D eigenvalue weighted by Crippen LogP contribution is 2.55. The third-order valence-electron chi connectivity index (χ3n) is 5.59. The van der Waals surface area contributed by atoms with E-state index in [0.29, 0.717) is 11.3 Å². The van der Waals surface area contributed by atoms with E-state index in [4.69, 9.17) is 9.47 Å². The molecular weight excluding hydrogens is 332 g/mol. The van der Waals surface area contributed by atoms with Crippen molar-refractivity contribution < 1.29 is 14.4 Å². The number of benzene rings is 2. The van der Waals surface area contributed by atoms with Crippen LogP contribution in [-0.4, -0.2) is 24.8 Å². The molecule has 26 heavy (non-hydrogen) atoms. The molecule has 2 aromatic rings. The van der Waals surface area contributed by atoms with E-state index in [9.17, 15) is 10.1 Å². The highest BCUT2D eigenvalue weighted by atomic mass is 16.6. The molecule has 134 valence electrons. The summed E-state index contributed by atoms with van der Waals surface area (Å²) in [6.07, 6.45) is 3.90. The maximum absolute atomic E-state index is 11.0. The van der Waals surface area contributed by atoms with Gasteiger partial charge in [0, 0.05) is 30.4 Å². The number of anilines is 1. The number of nitro groups is 1. The summed E-state index contributed by atoms with van der Waals surface area (Å²) in [5.74, 6) is 1.44. The molecule has 0 amide bonds. The van der Waals surface area contributed by atoms with E-state index in [1.807, 2.05) is 37.4 Å². The first-order valence-electron chi connectivity index (χ1n) is 8.39. The van der Waals surface area contributed by atoms with Crippen molar-refractivity contribution in [3.05, 3.63) is 63.7 Å². The van der Waals surface area contributed by atoms with Crippen LogP contribution in [0.5, 0.6) is 11.5 Å². The van der Waals surface area contributed by atoms with Crippen molar-refractivity contribution in [3.63, 3.8) is 0 Å². The summed E-state index contributed by atoms with van der Waals surface area (Å²) < 4.78 is 11.9. The minimum Gasteiger partial charge on any atom is -0.497 e. The first kappa shape index (κ1) is 16.4. The van der Waals surface area contributed by atoms with Crippen LogP contribution in [0.4, 0.5) is 11.4 Å². The summed E-state index contributed by atoms with van der Waals surface area (Å²) in [6, 6.07) is 10.7. The smallest absolute Gasteiger partial charge is 0.270 e. The topological polar surface area (TPSA) is 64.8 Å². The van der Waals surface area contributed by atoms with Gasteiger partial charge in [-0.15, -0.1) is 0 Å². The van der Waals surface area contributed by atoms with E-state index < -0.39 is 10.6 Å².